The van der Waals surface area contributed by atoms with Gasteiger partial charge in [0.05, 0.1) is 20.0 Å². The minimum Gasteiger partial charge on any atom is -0.497 e. The van der Waals surface area contributed by atoms with Gasteiger partial charge >= 0.3 is 0 Å². The molecule has 0 atom stereocenters. The van der Waals surface area contributed by atoms with Crippen LogP contribution in [0.15, 0.2) is 42.5 Å². The van der Waals surface area contributed by atoms with E-state index in [1.54, 1.807) is 25.3 Å². The molecule has 2 aromatic rings. The van der Waals surface area contributed by atoms with Crippen LogP contribution in [0.25, 0.3) is 0 Å². The Bertz CT molecular complexity index is 760. The summed E-state index contributed by atoms with van der Waals surface area (Å²) in [7, 11) is -0.499. The molecule has 2 rings (SSSR count). The molecule has 0 heterocycles. The molecule has 0 amide bonds. The lowest BCUT2D eigenvalue weighted by Crippen LogP contribution is -2.25. The highest BCUT2D eigenvalue weighted by atomic mass is 32.2. The third kappa shape index (κ3) is 4.94. The van der Waals surface area contributed by atoms with E-state index in [0.717, 1.165) is 0 Å². The highest BCUT2D eigenvalue weighted by Crippen LogP contribution is 2.24. The molecular weight excluding hydrogens is 321 g/mol. The van der Waals surface area contributed by atoms with E-state index in [1.165, 1.54) is 31.4 Å². The van der Waals surface area contributed by atoms with Crippen molar-refractivity contribution in [1.82, 2.24) is 4.72 Å². The monoisotopic (exact) mass is 339 g/mol. The lowest BCUT2D eigenvalue weighted by atomic mass is 10.2. The fourth-order valence-corrected chi connectivity index (χ4v) is 3.15. The second kappa shape index (κ2) is 7.43. The average Bonchev–Trinajstić information content (AvgIpc) is 2.54. The van der Waals surface area contributed by atoms with Gasteiger partial charge in [-0.2, -0.15) is 0 Å². The first-order valence-corrected chi connectivity index (χ1v) is 8.51. The maximum atomic E-state index is 12.8. The Morgan fingerprint density at radius 2 is 1.74 bits per heavy atom. The number of ether oxygens (including phenoxy) is 2. The van der Waals surface area contributed by atoms with Gasteiger partial charge < -0.3 is 9.47 Å². The Balaban J connectivity index is 2.05. The van der Waals surface area contributed by atoms with E-state index in [-0.39, 0.29) is 12.3 Å². The van der Waals surface area contributed by atoms with Gasteiger partial charge in [0, 0.05) is 18.2 Å². The van der Waals surface area contributed by atoms with Crippen LogP contribution < -0.4 is 14.2 Å². The van der Waals surface area contributed by atoms with Crippen LogP contribution in [-0.4, -0.2) is 22.6 Å². The second-order valence-corrected chi connectivity index (χ2v) is 6.69. The number of methoxy groups -OCH3 is 2. The lowest BCUT2D eigenvalue weighted by Gasteiger charge is -2.12. The van der Waals surface area contributed by atoms with E-state index >= 15 is 0 Å². The number of halogens is 1. The number of hydrogen-bond donors (Lipinski definition) is 1. The number of sulfonamides is 1. The molecule has 0 aliphatic carbocycles. The molecule has 0 saturated heterocycles. The fraction of sp³-hybridized carbons (Fsp3) is 0.250. The normalized spacial score (nSPS) is 11.3. The minimum absolute atomic E-state index is 0.0939. The first kappa shape index (κ1) is 17.2. The van der Waals surface area contributed by atoms with E-state index in [2.05, 4.69) is 4.72 Å². The van der Waals surface area contributed by atoms with Crippen molar-refractivity contribution >= 4 is 10.0 Å². The van der Waals surface area contributed by atoms with Gasteiger partial charge in [-0.15, -0.1) is 0 Å². The Hall–Kier alpha value is -2.12. The highest BCUT2D eigenvalue weighted by molar-refractivity contribution is 7.88. The maximum Gasteiger partial charge on any atom is 0.216 e. The summed E-state index contributed by atoms with van der Waals surface area (Å²) in [6.07, 6.45) is 0. The van der Waals surface area contributed by atoms with Gasteiger partial charge in [-0.05, 0) is 23.8 Å². The maximum absolute atomic E-state index is 12.8. The molecule has 0 aliphatic heterocycles. The number of nitrogens with one attached hydrogen (secondary N) is 1. The van der Waals surface area contributed by atoms with Gasteiger partial charge in [-0.1, -0.05) is 18.2 Å². The second-order valence-electron chi connectivity index (χ2n) is 4.88. The number of benzene rings is 2. The molecule has 1 N–H and O–H groups in total. The van der Waals surface area contributed by atoms with E-state index in [4.69, 9.17) is 9.47 Å². The Morgan fingerprint density at radius 1 is 1.04 bits per heavy atom. The van der Waals surface area contributed by atoms with E-state index in [0.29, 0.717) is 22.6 Å². The SMILES string of the molecule is COc1ccc(CNS(=O)(=O)Cc2ccc(F)cc2)c(OC)c1. The Labute approximate surface area is 135 Å². The third-order valence-corrected chi connectivity index (χ3v) is 4.54. The molecule has 0 unspecified atom stereocenters. The highest BCUT2D eigenvalue weighted by Gasteiger charge is 2.13. The zero-order valence-electron chi connectivity index (χ0n) is 12.9. The van der Waals surface area contributed by atoms with Crippen LogP contribution in [0.1, 0.15) is 11.1 Å². The summed E-state index contributed by atoms with van der Waals surface area (Å²) >= 11 is 0. The van der Waals surface area contributed by atoms with Crippen LogP contribution in [0.2, 0.25) is 0 Å². The molecule has 2 aromatic carbocycles. The van der Waals surface area contributed by atoms with E-state index < -0.39 is 15.8 Å². The molecule has 0 bridgehead atoms. The smallest absolute Gasteiger partial charge is 0.216 e. The zero-order valence-corrected chi connectivity index (χ0v) is 13.7. The van der Waals surface area contributed by atoms with Crippen LogP contribution in [0, 0.1) is 5.82 Å². The lowest BCUT2D eigenvalue weighted by molar-refractivity contribution is 0.390. The predicted molar refractivity (Wildman–Crippen MR) is 85.4 cm³/mol. The van der Waals surface area contributed by atoms with Crippen molar-refractivity contribution < 1.29 is 22.3 Å². The summed E-state index contributed by atoms with van der Waals surface area (Å²) in [6, 6.07) is 10.5. The van der Waals surface area contributed by atoms with Crippen molar-refractivity contribution in [3.63, 3.8) is 0 Å². The van der Waals surface area contributed by atoms with Gasteiger partial charge in [-0.3, -0.25) is 0 Å². The van der Waals surface area contributed by atoms with Crippen molar-refractivity contribution in [3.8, 4) is 11.5 Å². The van der Waals surface area contributed by atoms with Crippen LogP contribution in [-0.2, 0) is 22.3 Å². The van der Waals surface area contributed by atoms with Gasteiger partial charge in [-0.25, -0.2) is 17.5 Å². The van der Waals surface area contributed by atoms with Crippen LogP contribution in [0.5, 0.6) is 11.5 Å². The minimum atomic E-state index is -3.55. The fourth-order valence-electron chi connectivity index (χ4n) is 2.04. The van der Waals surface area contributed by atoms with E-state index in [1.807, 2.05) is 0 Å². The number of hydrogen-bond acceptors (Lipinski definition) is 4. The van der Waals surface area contributed by atoms with Gasteiger partial charge in [0.1, 0.15) is 17.3 Å². The van der Waals surface area contributed by atoms with Crippen LogP contribution in [0.3, 0.4) is 0 Å². The van der Waals surface area contributed by atoms with Crippen molar-refractivity contribution in [2.24, 2.45) is 0 Å². The standard InChI is InChI=1S/C16H18FNO4S/c1-21-15-8-5-13(16(9-15)22-2)10-18-23(19,20)11-12-3-6-14(17)7-4-12/h3-9,18H,10-11H2,1-2H3. The molecular formula is C16H18FNO4S. The number of rotatable bonds is 7. The summed E-state index contributed by atoms with van der Waals surface area (Å²) in [5.41, 5.74) is 1.21. The van der Waals surface area contributed by atoms with E-state index in [9.17, 15) is 12.8 Å². The third-order valence-electron chi connectivity index (χ3n) is 3.25. The summed E-state index contributed by atoms with van der Waals surface area (Å²) in [4.78, 5) is 0. The van der Waals surface area contributed by atoms with Gasteiger partial charge in [0.15, 0.2) is 0 Å². The average molecular weight is 339 g/mol. The van der Waals surface area contributed by atoms with Gasteiger partial charge in [0.25, 0.3) is 0 Å². The molecule has 23 heavy (non-hydrogen) atoms. The summed E-state index contributed by atoms with van der Waals surface area (Å²) in [5.74, 6) is 0.543. The zero-order chi connectivity index (χ0) is 16.9. The molecule has 0 spiro atoms. The molecule has 0 radical (unpaired) electrons. The largest absolute Gasteiger partial charge is 0.497 e. The summed E-state index contributed by atoms with van der Waals surface area (Å²) < 4.78 is 49.9. The molecule has 0 saturated carbocycles. The Kier molecular flexibility index (Phi) is 5.57. The summed E-state index contributed by atoms with van der Waals surface area (Å²) in [5, 5.41) is 0. The van der Waals surface area contributed by atoms with Crippen molar-refractivity contribution in [1.29, 1.82) is 0 Å². The molecule has 0 aromatic heterocycles. The van der Waals surface area contributed by atoms with Crippen LogP contribution >= 0.6 is 0 Å². The van der Waals surface area contributed by atoms with Crippen LogP contribution in [0.4, 0.5) is 4.39 Å². The molecule has 124 valence electrons. The molecule has 7 heteroatoms. The summed E-state index contributed by atoms with van der Waals surface area (Å²) in [6.45, 7) is 0.0939. The van der Waals surface area contributed by atoms with Crippen molar-refractivity contribution in [2.75, 3.05) is 14.2 Å². The Morgan fingerprint density at radius 3 is 2.35 bits per heavy atom. The topological polar surface area (TPSA) is 64.6 Å². The predicted octanol–water partition coefficient (Wildman–Crippen LogP) is 2.46. The van der Waals surface area contributed by atoms with Crippen molar-refractivity contribution in [2.45, 2.75) is 12.3 Å². The quantitative estimate of drug-likeness (QED) is 0.842. The first-order chi connectivity index (χ1) is 10.9. The van der Waals surface area contributed by atoms with Gasteiger partial charge in [0.2, 0.25) is 10.0 Å². The molecule has 5 nitrogen and oxygen atoms in total. The molecule has 0 fully saturated rings. The molecule has 0 aliphatic rings. The first-order valence-electron chi connectivity index (χ1n) is 6.86. The van der Waals surface area contributed by atoms with Crippen molar-refractivity contribution in [3.05, 3.63) is 59.4 Å².